The van der Waals surface area contributed by atoms with Crippen LogP contribution in [0.5, 0.6) is 0 Å². The molecule has 8 nitrogen and oxygen atoms in total. The van der Waals surface area contributed by atoms with E-state index in [9.17, 15) is 14.0 Å². The van der Waals surface area contributed by atoms with Gasteiger partial charge in [-0.05, 0) is 31.2 Å². The monoisotopic (exact) mass is 373 g/mol. The van der Waals surface area contributed by atoms with Gasteiger partial charge in [0, 0.05) is 32.4 Å². The first-order chi connectivity index (χ1) is 13.0. The number of aryl methyl sites for hydroxylation is 1. The molecule has 0 aliphatic carbocycles. The molecule has 27 heavy (non-hydrogen) atoms. The van der Waals surface area contributed by atoms with E-state index in [1.807, 2.05) is 16.4 Å². The summed E-state index contributed by atoms with van der Waals surface area (Å²) >= 11 is 0. The van der Waals surface area contributed by atoms with Gasteiger partial charge in [0.25, 0.3) is 5.56 Å². The molecule has 0 fully saturated rings. The molecule has 0 saturated carbocycles. The summed E-state index contributed by atoms with van der Waals surface area (Å²) in [5.74, 6) is 0.261. The first kappa shape index (κ1) is 17.5. The van der Waals surface area contributed by atoms with Gasteiger partial charge in [-0.25, -0.2) is 9.18 Å². The molecular weight excluding hydrogens is 353 g/mol. The minimum atomic E-state index is -0.419. The van der Waals surface area contributed by atoms with Crippen molar-refractivity contribution in [1.29, 1.82) is 0 Å². The van der Waals surface area contributed by atoms with Gasteiger partial charge in [0.15, 0.2) is 11.2 Å². The van der Waals surface area contributed by atoms with Crippen molar-refractivity contribution in [2.75, 3.05) is 24.7 Å². The summed E-state index contributed by atoms with van der Waals surface area (Å²) in [7, 11) is 1.60. The average molecular weight is 373 g/mol. The van der Waals surface area contributed by atoms with E-state index >= 15 is 0 Å². The Bertz CT molecular complexity index is 1110. The number of ether oxygens (including phenoxy) is 1. The lowest BCUT2D eigenvalue weighted by atomic mass is 10.3. The summed E-state index contributed by atoms with van der Waals surface area (Å²) in [4.78, 5) is 32.0. The minimum absolute atomic E-state index is 0.192. The Labute approximate surface area is 154 Å². The van der Waals surface area contributed by atoms with E-state index in [1.165, 1.54) is 21.3 Å². The zero-order valence-corrected chi connectivity index (χ0v) is 15.2. The maximum Gasteiger partial charge on any atom is 0.332 e. The van der Waals surface area contributed by atoms with Crippen LogP contribution in [0.25, 0.3) is 11.2 Å². The predicted molar refractivity (Wildman–Crippen MR) is 99.1 cm³/mol. The zero-order chi connectivity index (χ0) is 19.1. The van der Waals surface area contributed by atoms with Gasteiger partial charge in [-0.2, -0.15) is 4.98 Å². The van der Waals surface area contributed by atoms with Gasteiger partial charge in [0.05, 0.1) is 13.2 Å². The van der Waals surface area contributed by atoms with Crippen LogP contribution >= 0.6 is 0 Å². The molecule has 3 aromatic rings. The van der Waals surface area contributed by atoms with Crippen molar-refractivity contribution in [3.05, 3.63) is 50.9 Å². The number of benzene rings is 1. The van der Waals surface area contributed by atoms with Crippen LogP contribution in [-0.2, 0) is 24.9 Å². The molecule has 0 N–H and O–H groups in total. The van der Waals surface area contributed by atoms with E-state index < -0.39 is 5.69 Å². The number of rotatable bonds is 5. The van der Waals surface area contributed by atoms with Crippen LogP contribution < -0.4 is 16.1 Å². The molecule has 9 heteroatoms. The number of anilines is 2. The second kappa shape index (κ2) is 6.66. The Balaban J connectivity index is 1.85. The van der Waals surface area contributed by atoms with Gasteiger partial charge in [-0.1, -0.05) is 0 Å². The number of hydrogen-bond acceptors (Lipinski definition) is 5. The summed E-state index contributed by atoms with van der Waals surface area (Å²) in [5, 5.41) is 0. The van der Waals surface area contributed by atoms with Crippen molar-refractivity contribution in [2.45, 2.75) is 20.0 Å². The van der Waals surface area contributed by atoms with E-state index in [0.717, 1.165) is 5.69 Å². The molecule has 0 amide bonds. The number of fused-ring (bicyclic) bond motifs is 3. The van der Waals surface area contributed by atoms with Crippen LogP contribution in [0.1, 0.15) is 6.92 Å². The van der Waals surface area contributed by atoms with Crippen LogP contribution in [0.4, 0.5) is 16.0 Å². The van der Waals surface area contributed by atoms with Crippen molar-refractivity contribution in [3.8, 4) is 0 Å². The first-order valence-corrected chi connectivity index (χ1v) is 8.84. The fraction of sp³-hybridized carbons (Fsp3) is 0.389. The molecule has 3 heterocycles. The Morgan fingerprint density at radius 2 is 1.93 bits per heavy atom. The van der Waals surface area contributed by atoms with Gasteiger partial charge < -0.3 is 14.2 Å². The summed E-state index contributed by atoms with van der Waals surface area (Å²) < 4.78 is 22.9. The van der Waals surface area contributed by atoms with Gasteiger partial charge in [-0.15, -0.1) is 0 Å². The highest BCUT2D eigenvalue weighted by atomic mass is 19.1. The standard InChI is InChI=1S/C18H20FN5O3/c1-3-27-11-10-24-16(25)14-15(21(2)18(24)26)20-17-22(8-9-23(14)17)13-6-4-12(19)5-7-13/h4-7H,3,8-11H2,1-2H3. The Hall–Kier alpha value is -2.94. The van der Waals surface area contributed by atoms with E-state index in [-0.39, 0.29) is 17.9 Å². The number of nitrogens with zero attached hydrogens (tertiary/aromatic N) is 5. The number of aromatic nitrogens is 4. The smallest absolute Gasteiger partial charge is 0.332 e. The minimum Gasteiger partial charge on any atom is -0.380 e. The summed E-state index contributed by atoms with van der Waals surface area (Å²) in [6, 6.07) is 6.11. The van der Waals surface area contributed by atoms with Crippen molar-refractivity contribution in [2.24, 2.45) is 7.05 Å². The fourth-order valence-electron chi connectivity index (χ4n) is 3.44. The van der Waals surface area contributed by atoms with Gasteiger partial charge >= 0.3 is 5.69 Å². The Morgan fingerprint density at radius 3 is 2.63 bits per heavy atom. The van der Waals surface area contributed by atoms with Gasteiger partial charge in [-0.3, -0.25) is 13.9 Å². The quantitative estimate of drug-likeness (QED) is 0.629. The Morgan fingerprint density at radius 1 is 1.19 bits per heavy atom. The maximum absolute atomic E-state index is 13.2. The number of hydrogen-bond donors (Lipinski definition) is 0. The average Bonchev–Trinajstić information content (AvgIpc) is 3.23. The molecule has 2 aromatic heterocycles. The third-order valence-electron chi connectivity index (χ3n) is 4.80. The largest absolute Gasteiger partial charge is 0.380 e. The van der Waals surface area contributed by atoms with E-state index in [0.29, 0.717) is 43.4 Å². The van der Waals surface area contributed by atoms with E-state index in [4.69, 9.17) is 4.74 Å². The molecule has 0 unspecified atom stereocenters. The third kappa shape index (κ3) is 2.74. The van der Waals surface area contributed by atoms with Crippen molar-refractivity contribution in [1.82, 2.24) is 18.7 Å². The highest BCUT2D eigenvalue weighted by molar-refractivity contribution is 5.77. The summed E-state index contributed by atoms with van der Waals surface area (Å²) in [5.41, 5.74) is 0.740. The highest BCUT2D eigenvalue weighted by Crippen LogP contribution is 2.31. The van der Waals surface area contributed by atoms with Crippen molar-refractivity contribution < 1.29 is 9.13 Å². The molecular formula is C18H20FN5O3. The van der Waals surface area contributed by atoms with Crippen LogP contribution in [0.2, 0.25) is 0 Å². The normalized spacial score (nSPS) is 13.5. The lowest BCUT2D eigenvalue weighted by Gasteiger charge is -2.15. The molecule has 142 valence electrons. The molecule has 4 rings (SSSR count). The SMILES string of the molecule is CCOCCn1c(=O)c2c(nc3n2CCN3c2ccc(F)cc2)n(C)c1=O. The van der Waals surface area contributed by atoms with E-state index in [1.54, 1.807) is 19.2 Å². The molecule has 0 atom stereocenters. The number of imidazole rings is 1. The molecule has 0 spiro atoms. The molecule has 1 aliphatic rings. The topological polar surface area (TPSA) is 74.3 Å². The second-order valence-electron chi connectivity index (χ2n) is 6.36. The molecule has 0 saturated heterocycles. The van der Waals surface area contributed by atoms with Crippen molar-refractivity contribution in [3.63, 3.8) is 0 Å². The maximum atomic E-state index is 13.2. The third-order valence-corrected chi connectivity index (χ3v) is 4.80. The van der Waals surface area contributed by atoms with Crippen LogP contribution in [0.15, 0.2) is 33.9 Å². The predicted octanol–water partition coefficient (Wildman–Crippen LogP) is 1.22. The summed E-state index contributed by atoms with van der Waals surface area (Å²) in [6.07, 6.45) is 0. The fourth-order valence-corrected chi connectivity index (χ4v) is 3.44. The van der Waals surface area contributed by atoms with Gasteiger partial charge in [0.1, 0.15) is 5.82 Å². The lowest BCUT2D eigenvalue weighted by Crippen LogP contribution is -2.40. The molecule has 1 aromatic carbocycles. The molecule has 0 bridgehead atoms. The highest BCUT2D eigenvalue weighted by Gasteiger charge is 2.28. The summed E-state index contributed by atoms with van der Waals surface area (Å²) in [6.45, 7) is 4.04. The molecule has 0 radical (unpaired) electrons. The number of halogens is 1. The lowest BCUT2D eigenvalue weighted by molar-refractivity contribution is 0.137. The van der Waals surface area contributed by atoms with Crippen LogP contribution in [-0.4, -0.2) is 38.4 Å². The zero-order valence-electron chi connectivity index (χ0n) is 15.2. The van der Waals surface area contributed by atoms with Crippen LogP contribution in [0, 0.1) is 5.82 Å². The first-order valence-electron chi connectivity index (χ1n) is 8.84. The second-order valence-corrected chi connectivity index (χ2v) is 6.36. The van der Waals surface area contributed by atoms with Crippen molar-refractivity contribution >= 4 is 22.8 Å². The van der Waals surface area contributed by atoms with Gasteiger partial charge in [0.2, 0.25) is 5.95 Å². The molecule has 1 aliphatic heterocycles. The Kier molecular flexibility index (Phi) is 4.31. The van der Waals surface area contributed by atoms with Crippen LogP contribution in [0.3, 0.4) is 0 Å². The van der Waals surface area contributed by atoms with E-state index in [2.05, 4.69) is 4.98 Å².